The van der Waals surface area contributed by atoms with Gasteiger partial charge in [0.2, 0.25) is 0 Å². The lowest BCUT2D eigenvalue weighted by Gasteiger charge is -2.14. The van der Waals surface area contributed by atoms with Crippen molar-refractivity contribution in [1.29, 1.82) is 0 Å². The van der Waals surface area contributed by atoms with Gasteiger partial charge in [-0.2, -0.15) is 13.2 Å². The first-order valence-corrected chi connectivity index (χ1v) is 7.41. The lowest BCUT2D eigenvalue weighted by Crippen LogP contribution is -2.37. The Labute approximate surface area is 104 Å². The van der Waals surface area contributed by atoms with Gasteiger partial charge in [0.1, 0.15) is 0 Å². The largest absolute Gasteiger partial charge is 0.495 e. The number of hydrogen-bond acceptors (Lipinski definition) is 3. The molecular weight excluding hydrogens is 265 g/mol. The number of rotatable bonds is 5. The van der Waals surface area contributed by atoms with Crippen LogP contribution in [0.1, 0.15) is 17.5 Å². The first-order valence-electron chi connectivity index (χ1n) is 5.41. The van der Waals surface area contributed by atoms with Crippen LogP contribution in [0.3, 0.4) is 0 Å². The second kappa shape index (κ2) is 5.83. The Balaban J connectivity index is 2.50. The van der Waals surface area contributed by atoms with Gasteiger partial charge in [0.25, 0.3) is 0 Å². The summed E-state index contributed by atoms with van der Waals surface area (Å²) in [5.74, 6) is 0. The van der Waals surface area contributed by atoms with E-state index in [0.717, 1.165) is 17.7 Å². The maximum atomic E-state index is 12.3. The van der Waals surface area contributed by atoms with Crippen molar-refractivity contribution in [3.63, 3.8) is 0 Å². The van der Waals surface area contributed by atoms with E-state index < -0.39 is 20.5 Å². The first-order chi connectivity index (χ1) is 8.24. The molecule has 7 heteroatoms. The zero-order chi connectivity index (χ0) is 13.8. The van der Waals surface area contributed by atoms with Crippen molar-refractivity contribution in [3.05, 3.63) is 35.4 Å². The van der Waals surface area contributed by atoms with Crippen molar-refractivity contribution < 1.29 is 27.2 Å². The van der Waals surface area contributed by atoms with Gasteiger partial charge in [0.05, 0.1) is 5.56 Å². The molecule has 0 fully saturated rings. The number of alkyl halides is 3. The summed E-state index contributed by atoms with van der Waals surface area (Å²) in [6.07, 6.45) is -3.39. The second-order valence-corrected chi connectivity index (χ2v) is 6.39. The SMILES string of the molecule is CO[Si](O)(O)CCCc1ccc(C(F)(F)F)cc1. The van der Waals surface area contributed by atoms with Crippen LogP contribution in [0.25, 0.3) is 0 Å². The van der Waals surface area contributed by atoms with Crippen molar-refractivity contribution in [2.45, 2.75) is 25.1 Å². The van der Waals surface area contributed by atoms with Gasteiger partial charge in [0, 0.05) is 13.2 Å². The third kappa shape index (κ3) is 4.77. The van der Waals surface area contributed by atoms with Gasteiger partial charge in [-0.3, -0.25) is 0 Å². The molecule has 0 bridgehead atoms. The molecule has 18 heavy (non-hydrogen) atoms. The standard InChI is InChI=1S/C11H15F3O3Si/c1-17-18(15,16)8-2-3-9-4-6-10(7-5-9)11(12,13)14/h4-7,15-16H,2-3,8H2,1H3. The number of hydrogen-bond donors (Lipinski definition) is 2. The quantitative estimate of drug-likeness (QED) is 0.813. The molecule has 102 valence electrons. The molecule has 0 atom stereocenters. The maximum Gasteiger partial charge on any atom is 0.495 e. The molecule has 0 aromatic heterocycles. The van der Waals surface area contributed by atoms with Crippen LogP contribution in [0.2, 0.25) is 6.04 Å². The molecule has 0 radical (unpaired) electrons. The molecule has 0 aliphatic rings. The monoisotopic (exact) mass is 280 g/mol. The Kier molecular flexibility index (Phi) is 4.91. The Morgan fingerprint density at radius 3 is 2.17 bits per heavy atom. The molecule has 0 aliphatic carbocycles. The van der Waals surface area contributed by atoms with E-state index in [9.17, 15) is 22.8 Å². The predicted molar refractivity (Wildman–Crippen MR) is 61.8 cm³/mol. The Morgan fingerprint density at radius 1 is 1.17 bits per heavy atom. The molecular formula is C11H15F3O3Si. The average Bonchev–Trinajstić information content (AvgIpc) is 2.28. The molecule has 1 aromatic carbocycles. The minimum atomic E-state index is -4.33. The first kappa shape index (κ1) is 15.2. The van der Waals surface area contributed by atoms with Crippen LogP contribution < -0.4 is 0 Å². The van der Waals surface area contributed by atoms with Gasteiger partial charge in [-0.1, -0.05) is 12.1 Å². The van der Waals surface area contributed by atoms with Crippen LogP contribution in [-0.2, 0) is 17.0 Å². The summed E-state index contributed by atoms with van der Waals surface area (Å²) < 4.78 is 41.4. The summed E-state index contributed by atoms with van der Waals surface area (Å²) in [6, 6.07) is 4.97. The van der Waals surface area contributed by atoms with E-state index in [1.165, 1.54) is 19.2 Å². The Hall–Kier alpha value is -0.893. The highest BCUT2D eigenvalue weighted by molar-refractivity contribution is 6.57. The third-order valence-electron chi connectivity index (χ3n) is 2.58. The van der Waals surface area contributed by atoms with Gasteiger partial charge >= 0.3 is 15.0 Å². The van der Waals surface area contributed by atoms with Crippen LogP contribution in [0, 0.1) is 0 Å². The van der Waals surface area contributed by atoms with Crippen molar-refractivity contribution >= 4 is 8.80 Å². The lowest BCUT2D eigenvalue weighted by molar-refractivity contribution is -0.137. The van der Waals surface area contributed by atoms with Crippen molar-refractivity contribution in [2.24, 2.45) is 0 Å². The highest BCUT2D eigenvalue weighted by Crippen LogP contribution is 2.29. The van der Waals surface area contributed by atoms with E-state index >= 15 is 0 Å². The number of benzene rings is 1. The van der Waals surface area contributed by atoms with E-state index in [2.05, 4.69) is 4.43 Å². The zero-order valence-electron chi connectivity index (χ0n) is 9.87. The predicted octanol–water partition coefficient (Wildman–Crippen LogP) is 2.21. The van der Waals surface area contributed by atoms with Crippen molar-refractivity contribution in [3.8, 4) is 0 Å². The number of halogens is 3. The molecule has 0 amide bonds. The third-order valence-corrected chi connectivity index (χ3v) is 4.23. The van der Waals surface area contributed by atoms with Gasteiger partial charge in [-0.15, -0.1) is 0 Å². The molecule has 0 saturated carbocycles. The maximum absolute atomic E-state index is 12.3. The van der Waals surface area contributed by atoms with E-state index in [4.69, 9.17) is 0 Å². The molecule has 0 heterocycles. The average molecular weight is 280 g/mol. The molecule has 3 nitrogen and oxygen atoms in total. The molecule has 0 saturated heterocycles. The van der Waals surface area contributed by atoms with E-state index in [0.29, 0.717) is 12.8 Å². The zero-order valence-corrected chi connectivity index (χ0v) is 10.9. The van der Waals surface area contributed by atoms with Crippen LogP contribution in [0.15, 0.2) is 24.3 Å². The van der Waals surface area contributed by atoms with Crippen LogP contribution in [0.4, 0.5) is 13.2 Å². The highest BCUT2D eigenvalue weighted by Gasteiger charge is 2.30. The lowest BCUT2D eigenvalue weighted by atomic mass is 10.1. The van der Waals surface area contributed by atoms with Gasteiger partial charge in [0.15, 0.2) is 0 Å². The summed E-state index contributed by atoms with van der Waals surface area (Å²) in [5, 5.41) is 0. The fourth-order valence-electron chi connectivity index (χ4n) is 1.49. The molecule has 0 unspecified atom stereocenters. The summed E-state index contributed by atoms with van der Waals surface area (Å²) in [7, 11) is -2.33. The van der Waals surface area contributed by atoms with Gasteiger partial charge in [-0.25, -0.2) is 0 Å². The van der Waals surface area contributed by atoms with E-state index in [-0.39, 0.29) is 6.04 Å². The fraction of sp³-hybridized carbons (Fsp3) is 0.455. The minimum Gasteiger partial charge on any atom is -0.390 e. The molecule has 0 aliphatic heterocycles. The minimum absolute atomic E-state index is 0.129. The molecule has 1 rings (SSSR count). The Bertz CT molecular complexity index is 376. The van der Waals surface area contributed by atoms with Crippen LogP contribution in [0.5, 0.6) is 0 Å². The van der Waals surface area contributed by atoms with Crippen LogP contribution >= 0.6 is 0 Å². The normalized spacial score (nSPS) is 12.8. The highest BCUT2D eigenvalue weighted by atomic mass is 28.4. The molecule has 2 N–H and O–H groups in total. The van der Waals surface area contributed by atoms with Crippen LogP contribution in [-0.4, -0.2) is 25.5 Å². The van der Waals surface area contributed by atoms with E-state index in [1.54, 1.807) is 0 Å². The summed E-state index contributed by atoms with van der Waals surface area (Å²) >= 11 is 0. The van der Waals surface area contributed by atoms with Gasteiger partial charge < -0.3 is 14.0 Å². The summed E-state index contributed by atoms with van der Waals surface area (Å²) in [6.45, 7) is 0. The van der Waals surface area contributed by atoms with Crippen molar-refractivity contribution in [2.75, 3.05) is 7.11 Å². The van der Waals surface area contributed by atoms with Crippen molar-refractivity contribution in [1.82, 2.24) is 0 Å². The fourth-order valence-corrected chi connectivity index (χ4v) is 2.33. The number of aryl methyl sites for hydroxylation is 1. The van der Waals surface area contributed by atoms with E-state index in [1.807, 2.05) is 0 Å². The smallest absolute Gasteiger partial charge is 0.390 e. The Morgan fingerprint density at radius 2 is 1.72 bits per heavy atom. The molecule has 1 aromatic rings. The summed E-state index contributed by atoms with van der Waals surface area (Å²) in [4.78, 5) is 18.6. The summed E-state index contributed by atoms with van der Waals surface area (Å²) in [5.41, 5.74) is 0.0417. The second-order valence-electron chi connectivity index (χ2n) is 4.00. The van der Waals surface area contributed by atoms with Gasteiger partial charge in [-0.05, 0) is 30.5 Å². The topological polar surface area (TPSA) is 49.7 Å². The molecule has 0 spiro atoms.